The number of thiazole rings is 1. The van der Waals surface area contributed by atoms with Crippen LogP contribution in [0.1, 0.15) is 44.1 Å². The van der Waals surface area contributed by atoms with Gasteiger partial charge in [0.25, 0.3) is 0 Å². The van der Waals surface area contributed by atoms with E-state index in [1.54, 1.807) is 25.1 Å². The van der Waals surface area contributed by atoms with Crippen LogP contribution in [0.4, 0.5) is 15.6 Å². The molecule has 0 saturated carbocycles. The number of nitrogens with one attached hydrogen (secondary N) is 2. The van der Waals surface area contributed by atoms with Gasteiger partial charge in [-0.1, -0.05) is 26.0 Å². The van der Waals surface area contributed by atoms with Gasteiger partial charge in [-0.2, -0.15) is 0 Å². The van der Waals surface area contributed by atoms with Crippen LogP contribution in [-0.4, -0.2) is 16.1 Å². The van der Waals surface area contributed by atoms with Gasteiger partial charge in [0.15, 0.2) is 5.13 Å². The SMILES string of the molecule is CC(C)c1csc(NC(=O)Nc2cccc(C(C)O)c2)n1. The van der Waals surface area contributed by atoms with Crippen molar-refractivity contribution in [3.8, 4) is 0 Å². The van der Waals surface area contributed by atoms with Crippen molar-refractivity contribution >= 4 is 28.2 Å². The molecule has 0 spiro atoms. The van der Waals surface area contributed by atoms with E-state index in [-0.39, 0.29) is 6.03 Å². The summed E-state index contributed by atoms with van der Waals surface area (Å²) in [6.45, 7) is 5.79. The fraction of sp³-hybridized carbons (Fsp3) is 0.333. The van der Waals surface area contributed by atoms with Crippen LogP contribution in [-0.2, 0) is 0 Å². The third-order valence-corrected chi connectivity index (χ3v) is 3.74. The molecule has 6 heteroatoms. The third kappa shape index (κ3) is 4.27. The Morgan fingerprint density at radius 3 is 2.67 bits per heavy atom. The summed E-state index contributed by atoms with van der Waals surface area (Å²) in [5.74, 6) is 0.336. The predicted molar refractivity (Wildman–Crippen MR) is 85.9 cm³/mol. The van der Waals surface area contributed by atoms with E-state index in [0.717, 1.165) is 11.3 Å². The van der Waals surface area contributed by atoms with Gasteiger partial charge in [0.2, 0.25) is 0 Å². The van der Waals surface area contributed by atoms with E-state index in [9.17, 15) is 9.90 Å². The summed E-state index contributed by atoms with van der Waals surface area (Å²) in [5, 5.41) is 17.5. The third-order valence-electron chi connectivity index (χ3n) is 2.96. The number of aliphatic hydroxyl groups excluding tert-OH is 1. The second-order valence-corrected chi connectivity index (χ2v) is 5.97. The molecule has 0 saturated heterocycles. The number of carbonyl (C=O) groups is 1. The first kappa shape index (κ1) is 15.5. The van der Waals surface area contributed by atoms with Crippen LogP contribution >= 0.6 is 11.3 Å². The monoisotopic (exact) mass is 305 g/mol. The Labute approximate surface area is 128 Å². The van der Waals surface area contributed by atoms with E-state index >= 15 is 0 Å². The van der Waals surface area contributed by atoms with Gasteiger partial charge in [-0.05, 0) is 30.5 Å². The lowest BCUT2D eigenvalue weighted by Crippen LogP contribution is -2.19. The number of aromatic nitrogens is 1. The molecular formula is C15H19N3O2S. The number of urea groups is 1. The number of nitrogens with zero attached hydrogens (tertiary/aromatic N) is 1. The molecule has 0 bridgehead atoms. The highest BCUT2D eigenvalue weighted by atomic mass is 32.1. The zero-order valence-corrected chi connectivity index (χ0v) is 13.1. The van der Waals surface area contributed by atoms with Gasteiger partial charge in [-0.15, -0.1) is 11.3 Å². The first-order chi connectivity index (χ1) is 9.95. The molecule has 2 rings (SSSR count). The summed E-state index contributed by atoms with van der Waals surface area (Å²) in [5.41, 5.74) is 2.35. The van der Waals surface area contributed by atoms with Crippen molar-refractivity contribution in [2.45, 2.75) is 32.8 Å². The molecule has 1 aromatic heterocycles. The molecule has 0 aliphatic rings. The molecule has 3 N–H and O–H groups in total. The maximum absolute atomic E-state index is 11.9. The van der Waals surface area contributed by atoms with Gasteiger partial charge in [0, 0.05) is 11.1 Å². The van der Waals surface area contributed by atoms with Crippen molar-refractivity contribution in [1.82, 2.24) is 4.98 Å². The van der Waals surface area contributed by atoms with Crippen LogP contribution < -0.4 is 10.6 Å². The van der Waals surface area contributed by atoms with Crippen LogP contribution in [0, 0.1) is 0 Å². The minimum absolute atomic E-state index is 0.336. The van der Waals surface area contributed by atoms with Crippen LogP contribution in [0.2, 0.25) is 0 Å². The van der Waals surface area contributed by atoms with E-state index in [2.05, 4.69) is 29.5 Å². The Balaban J connectivity index is 1.99. The molecule has 1 unspecified atom stereocenters. The van der Waals surface area contributed by atoms with Crippen molar-refractivity contribution in [1.29, 1.82) is 0 Å². The number of benzene rings is 1. The predicted octanol–water partition coefficient (Wildman–Crippen LogP) is 3.96. The Morgan fingerprint density at radius 2 is 2.05 bits per heavy atom. The number of amides is 2. The van der Waals surface area contributed by atoms with E-state index in [1.807, 2.05) is 11.4 Å². The Morgan fingerprint density at radius 1 is 1.29 bits per heavy atom. The number of hydrogen-bond donors (Lipinski definition) is 3. The van der Waals surface area contributed by atoms with Gasteiger partial charge >= 0.3 is 6.03 Å². The molecule has 5 nitrogen and oxygen atoms in total. The summed E-state index contributed by atoms with van der Waals surface area (Å²) in [6, 6.07) is 6.77. The highest BCUT2D eigenvalue weighted by Gasteiger charge is 2.09. The minimum atomic E-state index is -0.567. The normalized spacial score (nSPS) is 12.2. The van der Waals surface area contributed by atoms with Gasteiger partial charge < -0.3 is 10.4 Å². The fourth-order valence-electron chi connectivity index (χ4n) is 1.74. The quantitative estimate of drug-likeness (QED) is 0.800. The zero-order chi connectivity index (χ0) is 15.4. The molecule has 2 aromatic rings. The van der Waals surface area contributed by atoms with Crippen molar-refractivity contribution in [2.75, 3.05) is 10.6 Å². The van der Waals surface area contributed by atoms with E-state index in [1.165, 1.54) is 11.3 Å². The van der Waals surface area contributed by atoms with Crippen molar-refractivity contribution in [3.05, 3.63) is 40.9 Å². The number of anilines is 2. The maximum Gasteiger partial charge on any atom is 0.325 e. The summed E-state index contributed by atoms with van der Waals surface area (Å²) in [7, 11) is 0. The topological polar surface area (TPSA) is 74.2 Å². The molecule has 0 radical (unpaired) electrons. The van der Waals surface area contributed by atoms with Gasteiger partial charge in [-0.3, -0.25) is 5.32 Å². The average molecular weight is 305 g/mol. The van der Waals surface area contributed by atoms with Crippen LogP contribution in [0.15, 0.2) is 29.6 Å². The molecule has 1 heterocycles. The largest absolute Gasteiger partial charge is 0.389 e. The van der Waals surface area contributed by atoms with Gasteiger partial charge in [0.05, 0.1) is 11.8 Å². The lowest BCUT2D eigenvalue weighted by atomic mass is 10.1. The summed E-state index contributed by atoms with van der Waals surface area (Å²) in [4.78, 5) is 16.3. The van der Waals surface area contributed by atoms with Gasteiger partial charge in [-0.25, -0.2) is 9.78 Å². The first-order valence-electron chi connectivity index (χ1n) is 6.77. The van der Waals surface area contributed by atoms with Crippen LogP contribution in [0.25, 0.3) is 0 Å². The van der Waals surface area contributed by atoms with Gasteiger partial charge in [0.1, 0.15) is 0 Å². The van der Waals surface area contributed by atoms with E-state index < -0.39 is 6.10 Å². The molecule has 2 amide bonds. The second kappa shape index (κ2) is 6.69. The van der Waals surface area contributed by atoms with E-state index in [0.29, 0.717) is 16.7 Å². The van der Waals surface area contributed by atoms with Crippen LogP contribution in [0.3, 0.4) is 0 Å². The Bertz CT molecular complexity index is 623. The molecule has 0 fully saturated rings. The molecular weight excluding hydrogens is 286 g/mol. The molecule has 1 aromatic carbocycles. The lowest BCUT2D eigenvalue weighted by Gasteiger charge is -2.09. The Hall–Kier alpha value is -1.92. The molecule has 1 atom stereocenters. The summed E-state index contributed by atoms with van der Waals surface area (Å²) < 4.78 is 0. The summed E-state index contributed by atoms with van der Waals surface area (Å²) >= 11 is 1.40. The van der Waals surface area contributed by atoms with Crippen molar-refractivity contribution in [3.63, 3.8) is 0 Å². The van der Waals surface area contributed by atoms with Crippen LogP contribution in [0.5, 0.6) is 0 Å². The minimum Gasteiger partial charge on any atom is -0.389 e. The number of hydrogen-bond acceptors (Lipinski definition) is 4. The smallest absolute Gasteiger partial charge is 0.325 e. The average Bonchev–Trinajstić information content (AvgIpc) is 2.87. The molecule has 0 aliphatic carbocycles. The molecule has 112 valence electrons. The van der Waals surface area contributed by atoms with Crippen molar-refractivity contribution < 1.29 is 9.90 Å². The highest BCUT2D eigenvalue weighted by molar-refractivity contribution is 7.13. The summed E-state index contributed by atoms with van der Waals surface area (Å²) in [6.07, 6.45) is -0.567. The zero-order valence-electron chi connectivity index (χ0n) is 12.3. The Kier molecular flexibility index (Phi) is 4.93. The number of carbonyl (C=O) groups excluding carboxylic acids is 1. The van der Waals surface area contributed by atoms with E-state index in [4.69, 9.17) is 0 Å². The number of rotatable bonds is 4. The first-order valence-corrected chi connectivity index (χ1v) is 7.65. The van der Waals surface area contributed by atoms with Crippen molar-refractivity contribution in [2.24, 2.45) is 0 Å². The highest BCUT2D eigenvalue weighted by Crippen LogP contribution is 2.22. The molecule has 21 heavy (non-hydrogen) atoms. The maximum atomic E-state index is 11.9. The second-order valence-electron chi connectivity index (χ2n) is 5.11. The molecule has 0 aliphatic heterocycles. The number of aliphatic hydroxyl groups is 1. The lowest BCUT2D eigenvalue weighted by molar-refractivity contribution is 0.199. The standard InChI is InChI=1S/C15H19N3O2S/c1-9(2)13-8-21-15(17-13)18-14(20)16-12-6-4-5-11(7-12)10(3)19/h4-10,19H,1-3H3,(H2,16,17,18,20). The fourth-order valence-corrected chi connectivity index (χ4v) is 2.61.